The molecule has 404 valence electrons. The molecule has 1 rings (SSSR count). The van der Waals surface area contributed by atoms with E-state index in [1.165, 1.54) is 36.4 Å². The number of aliphatic hydroxyl groups is 2. The van der Waals surface area contributed by atoms with Gasteiger partial charge in [-0.1, -0.05) is 42.4 Å². The van der Waals surface area contributed by atoms with Gasteiger partial charge in [-0.25, -0.2) is 4.79 Å². The summed E-state index contributed by atoms with van der Waals surface area (Å²) in [5.41, 5.74) is 16.6. The summed E-state index contributed by atoms with van der Waals surface area (Å²) in [5.74, 6) is -14.4. The number of guanidine groups is 1. The number of carbonyl (C=O) groups is 10. The van der Waals surface area contributed by atoms with E-state index in [0.29, 0.717) is 18.6 Å². The molecule has 0 aromatic heterocycles. The minimum absolute atomic E-state index is 0.0248. The maximum Gasteiger partial charge on any atom is 0.327 e. The summed E-state index contributed by atoms with van der Waals surface area (Å²) in [6, 6.07) is -5.78. The molecule has 1 aliphatic heterocycles. The van der Waals surface area contributed by atoms with Crippen molar-refractivity contribution >= 4 is 98.0 Å². The van der Waals surface area contributed by atoms with Gasteiger partial charge in [0.05, 0.1) is 48.6 Å². The van der Waals surface area contributed by atoms with Gasteiger partial charge in [-0.15, -0.1) is 0 Å². The fourth-order valence-corrected chi connectivity index (χ4v) is 10.7. The topological polar surface area (TPSA) is 390 Å². The molecular formula is C46H78N8O14S3. The molecule has 22 nitrogen and oxygen atoms in total. The molecular weight excluding hydrogens is 985 g/mol. The molecule has 0 saturated carbocycles. The van der Waals surface area contributed by atoms with Crippen LogP contribution in [0.5, 0.6) is 0 Å². The van der Waals surface area contributed by atoms with Gasteiger partial charge in [0.2, 0.25) is 23.6 Å². The van der Waals surface area contributed by atoms with E-state index in [-0.39, 0.29) is 80.8 Å². The highest BCUT2D eigenvalue weighted by Crippen LogP contribution is 2.28. The van der Waals surface area contributed by atoms with Crippen LogP contribution < -0.4 is 38.5 Å². The van der Waals surface area contributed by atoms with Crippen molar-refractivity contribution in [3.05, 3.63) is 0 Å². The maximum atomic E-state index is 14.1. The molecule has 4 amide bonds. The van der Waals surface area contributed by atoms with Gasteiger partial charge in [0.15, 0.2) is 23.3 Å². The summed E-state index contributed by atoms with van der Waals surface area (Å²) in [4.78, 5) is 140. The summed E-state index contributed by atoms with van der Waals surface area (Å²) in [5, 5.41) is 51.7. The van der Waals surface area contributed by atoms with Crippen molar-refractivity contribution in [2.24, 2.45) is 57.7 Å². The van der Waals surface area contributed by atoms with Gasteiger partial charge in [-0.05, 0) is 83.3 Å². The third kappa shape index (κ3) is 25.3. The van der Waals surface area contributed by atoms with Crippen LogP contribution in [0.4, 0.5) is 0 Å². The van der Waals surface area contributed by atoms with Crippen molar-refractivity contribution in [2.75, 3.05) is 36.6 Å². The maximum absolute atomic E-state index is 14.1. The monoisotopic (exact) mass is 1060 g/mol. The van der Waals surface area contributed by atoms with E-state index in [0.717, 1.165) is 10.8 Å². The SMILES string of the molecule is CSCC[C@@H]1CC(=O)[C@@H](C)CSSC[C@@H](C(=O)O)NC(=O)[C@H](CC(C)C)CC(=O)C(CCCN=C(N)N)NC(=O)[C@H]([C@@H](C)O)CC(=O)C(CC(=O)O)NC(=O)[C@H]([C@@H](C)O)CC(=O)[C@H](CCCCN)NC1=O. The van der Waals surface area contributed by atoms with E-state index in [9.17, 15) is 68.4 Å². The first-order valence-corrected chi connectivity index (χ1v) is 27.8. The summed E-state index contributed by atoms with van der Waals surface area (Å²) in [6.07, 6.45) is -3.06. The second-order valence-corrected chi connectivity index (χ2v) is 22.1. The zero-order chi connectivity index (χ0) is 54.0. The Hall–Kier alpha value is -4.30. The second kappa shape index (κ2) is 34.2. The molecule has 0 bridgehead atoms. The lowest BCUT2D eigenvalue weighted by atomic mass is 9.87. The van der Waals surface area contributed by atoms with Gasteiger partial charge in [0.1, 0.15) is 11.8 Å². The molecule has 1 aliphatic rings. The van der Waals surface area contributed by atoms with Gasteiger partial charge < -0.3 is 58.9 Å². The summed E-state index contributed by atoms with van der Waals surface area (Å²) in [7, 11) is 2.30. The van der Waals surface area contributed by atoms with Crippen LogP contribution in [0.25, 0.3) is 0 Å². The van der Waals surface area contributed by atoms with Crippen LogP contribution in [0.2, 0.25) is 0 Å². The molecule has 0 aromatic carbocycles. The Morgan fingerprint density at radius 2 is 1.17 bits per heavy atom. The van der Waals surface area contributed by atoms with Crippen LogP contribution in [-0.4, -0.2) is 158 Å². The number of nitrogens with zero attached hydrogens (tertiary/aromatic N) is 1. The van der Waals surface area contributed by atoms with Gasteiger partial charge in [-0.3, -0.25) is 48.1 Å². The summed E-state index contributed by atoms with van der Waals surface area (Å²) in [6.45, 7) is 7.95. The fourth-order valence-electron chi connectivity index (χ4n) is 7.66. The van der Waals surface area contributed by atoms with Crippen molar-refractivity contribution in [1.29, 1.82) is 0 Å². The molecule has 0 radical (unpaired) electrons. The largest absolute Gasteiger partial charge is 0.481 e. The van der Waals surface area contributed by atoms with E-state index in [1.54, 1.807) is 20.8 Å². The normalized spacial score (nSPS) is 26.9. The van der Waals surface area contributed by atoms with Crippen molar-refractivity contribution in [3.63, 3.8) is 0 Å². The number of hydrogen-bond acceptors (Lipinski definition) is 17. The van der Waals surface area contributed by atoms with Gasteiger partial charge in [0, 0.05) is 61.5 Å². The molecule has 1 fully saturated rings. The standard InChI is InChI=1S/C46H78N8O14S3/c1-24(2)16-29-18-37(58)33(11-9-14-50-46(48)49)52-43(65)31(27(5)56)20-39(60)34(21-40(61)62)53-44(66)30(26(4)55)19-38(59)32(10-7-8-13-47)51-41(63)28(12-15-69-6)17-36(57)25(3)22-70-71-23-35(45(67)68)54-42(29)64/h24-35,55-56H,7-23,47H2,1-6H3,(H,51,63)(H,52,65)(H,53,66)(H,54,64)(H,61,62)(H,67,68)(H4,48,49,50)/t25-,26+,27+,28+,29+,30-,31-,32-,33?,34?,35-/m0/s1. The first-order chi connectivity index (χ1) is 33.3. The number of thioether (sulfide) groups is 1. The van der Waals surface area contributed by atoms with Crippen molar-refractivity contribution < 1.29 is 68.4 Å². The average Bonchev–Trinajstić information content (AvgIpc) is 3.28. The van der Waals surface area contributed by atoms with Crippen molar-refractivity contribution in [1.82, 2.24) is 21.3 Å². The minimum Gasteiger partial charge on any atom is -0.481 e. The number of hydrogen-bond donors (Lipinski definition) is 11. The molecule has 71 heavy (non-hydrogen) atoms. The Morgan fingerprint density at radius 1 is 0.676 bits per heavy atom. The number of ketones is 4. The number of carboxylic acid groups (broad SMARTS) is 2. The first kappa shape index (κ1) is 64.7. The fraction of sp³-hybridized carbons (Fsp3) is 0.761. The Labute approximate surface area is 428 Å². The molecule has 0 aromatic rings. The van der Waals surface area contributed by atoms with E-state index in [1.807, 2.05) is 6.26 Å². The number of Topliss-reactive ketones (excluding diaryl/α,β-unsaturated/α-hetero) is 4. The highest BCUT2D eigenvalue weighted by molar-refractivity contribution is 8.76. The molecule has 14 N–H and O–H groups in total. The molecule has 1 heterocycles. The lowest BCUT2D eigenvalue weighted by Crippen LogP contribution is -2.51. The number of rotatable bonds is 18. The lowest BCUT2D eigenvalue weighted by Gasteiger charge is -2.27. The van der Waals surface area contributed by atoms with Crippen LogP contribution in [0.15, 0.2) is 4.99 Å². The predicted molar refractivity (Wildman–Crippen MR) is 273 cm³/mol. The van der Waals surface area contributed by atoms with E-state index >= 15 is 0 Å². The number of carbonyl (C=O) groups excluding carboxylic acids is 8. The molecule has 2 unspecified atom stereocenters. The highest BCUT2D eigenvalue weighted by atomic mass is 33.1. The van der Waals surface area contributed by atoms with E-state index < -0.39 is 145 Å². The third-order valence-corrected chi connectivity index (χ3v) is 15.2. The summed E-state index contributed by atoms with van der Waals surface area (Å²) < 4.78 is 0. The quantitative estimate of drug-likeness (QED) is 0.0387. The Morgan fingerprint density at radius 3 is 1.68 bits per heavy atom. The predicted octanol–water partition coefficient (Wildman–Crippen LogP) is 0.561. The first-order valence-electron chi connectivity index (χ1n) is 23.9. The molecule has 0 spiro atoms. The second-order valence-electron chi connectivity index (χ2n) is 18.6. The molecule has 25 heteroatoms. The molecule has 0 aliphatic carbocycles. The number of aliphatic hydroxyl groups excluding tert-OH is 2. The number of carboxylic acids is 2. The number of nitrogens with one attached hydrogen (secondary N) is 4. The van der Waals surface area contributed by atoms with Gasteiger partial charge >= 0.3 is 11.9 Å². The van der Waals surface area contributed by atoms with Crippen LogP contribution in [0, 0.1) is 35.5 Å². The number of aliphatic imine (C=N–C) groups is 1. The average molecular weight is 1060 g/mol. The molecule has 11 atom stereocenters. The number of unbranched alkanes of at least 4 members (excludes halogenated alkanes) is 1. The van der Waals surface area contributed by atoms with Crippen molar-refractivity contribution in [3.8, 4) is 0 Å². The van der Waals surface area contributed by atoms with Crippen LogP contribution in [-0.2, 0) is 47.9 Å². The van der Waals surface area contributed by atoms with E-state index in [2.05, 4.69) is 26.3 Å². The third-order valence-electron chi connectivity index (χ3n) is 11.9. The van der Waals surface area contributed by atoms with Gasteiger partial charge in [-0.2, -0.15) is 11.8 Å². The zero-order valence-electron chi connectivity index (χ0n) is 41.7. The van der Waals surface area contributed by atoms with E-state index in [4.69, 9.17) is 17.2 Å². The zero-order valence-corrected chi connectivity index (χ0v) is 44.2. The number of aliphatic carboxylic acids is 2. The highest BCUT2D eigenvalue weighted by Gasteiger charge is 2.38. The van der Waals surface area contributed by atoms with Crippen molar-refractivity contribution in [2.45, 2.75) is 148 Å². The number of nitrogens with two attached hydrogens (primary N) is 3. The van der Waals surface area contributed by atoms with Crippen LogP contribution in [0.3, 0.4) is 0 Å². The molecule has 1 saturated heterocycles. The number of amides is 4. The van der Waals surface area contributed by atoms with Gasteiger partial charge in [0.25, 0.3) is 0 Å². The Bertz CT molecular complexity index is 1840. The van der Waals surface area contributed by atoms with Crippen LogP contribution >= 0.6 is 33.3 Å². The Kier molecular flexibility index (Phi) is 31.2. The Balaban J connectivity index is 3.89. The summed E-state index contributed by atoms with van der Waals surface area (Å²) >= 11 is 1.45. The van der Waals surface area contributed by atoms with Crippen LogP contribution in [0.1, 0.15) is 112 Å². The lowest BCUT2D eigenvalue weighted by molar-refractivity contribution is -0.143. The smallest absolute Gasteiger partial charge is 0.327 e. The minimum atomic E-state index is -1.84.